The predicted molar refractivity (Wildman–Crippen MR) is 94.7 cm³/mol. The van der Waals surface area contributed by atoms with E-state index in [1.807, 2.05) is 65.5 Å². The Balaban J connectivity index is 1.70. The summed E-state index contributed by atoms with van der Waals surface area (Å²) in [6.07, 6.45) is 7.76. The van der Waals surface area contributed by atoms with E-state index >= 15 is 0 Å². The summed E-state index contributed by atoms with van der Waals surface area (Å²) < 4.78 is 2.03. The summed E-state index contributed by atoms with van der Waals surface area (Å²) in [5.41, 5.74) is 2.03. The van der Waals surface area contributed by atoms with E-state index in [9.17, 15) is 4.79 Å². The molecule has 1 amide bonds. The van der Waals surface area contributed by atoms with Crippen molar-refractivity contribution in [3.05, 3.63) is 89.5 Å². The number of halogens is 1. The van der Waals surface area contributed by atoms with Gasteiger partial charge in [0.15, 0.2) is 0 Å². The smallest absolute Gasteiger partial charge is 0.222 e. The van der Waals surface area contributed by atoms with Gasteiger partial charge in [0.05, 0.1) is 12.5 Å². The number of carbonyl (C=O) groups is 1. The van der Waals surface area contributed by atoms with E-state index in [2.05, 4.69) is 10.3 Å². The molecule has 3 aromatic rings. The second-order valence-electron chi connectivity index (χ2n) is 5.54. The lowest BCUT2D eigenvalue weighted by atomic mass is 10.0. The second-order valence-corrected chi connectivity index (χ2v) is 5.98. The van der Waals surface area contributed by atoms with Crippen LogP contribution in [0.3, 0.4) is 0 Å². The Hall–Kier alpha value is -2.59. The molecule has 2 heterocycles. The molecule has 24 heavy (non-hydrogen) atoms. The molecule has 122 valence electrons. The van der Waals surface area contributed by atoms with Gasteiger partial charge in [-0.25, -0.2) is 0 Å². The third-order valence-electron chi connectivity index (χ3n) is 3.83. The van der Waals surface area contributed by atoms with Crippen LogP contribution in [0.1, 0.15) is 23.6 Å². The van der Waals surface area contributed by atoms with Crippen molar-refractivity contribution >= 4 is 17.5 Å². The standard InChI is InChI=1S/C19H18ClN3O/c20-17-7-5-16(6-8-17)18(23-10-1-2-11-23)12-19(24)22-14-15-4-3-9-21-13-15/h1-11,13,18H,12,14H2,(H,22,24)/t18-/m0/s1. The quantitative estimate of drug-likeness (QED) is 0.741. The van der Waals surface area contributed by atoms with Crippen molar-refractivity contribution < 1.29 is 4.79 Å². The van der Waals surface area contributed by atoms with Crippen LogP contribution in [-0.2, 0) is 11.3 Å². The Morgan fingerprint density at radius 3 is 2.54 bits per heavy atom. The third kappa shape index (κ3) is 4.24. The van der Waals surface area contributed by atoms with E-state index in [0.29, 0.717) is 18.0 Å². The van der Waals surface area contributed by atoms with Crippen molar-refractivity contribution in [1.82, 2.24) is 14.9 Å². The number of aromatic nitrogens is 2. The zero-order valence-electron chi connectivity index (χ0n) is 13.1. The summed E-state index contributed by atoms with van der Waals surface area (Å²) in [6.45, 7) is 0.478. The van der Waals surface area contributed by atoms with Gasteiger partial charge >= 0.3 is 0 Å². The molecule has 0 aliphatic heterocycles. The van der Waals surface area contributed by atoms with E-state index < -0.39 is 0 Å². The molecule has 1 atom stereocenters. The first kappa shape index (κ1) is 16.3. The summed E-state index contributed by atoms with van der Waals surface area (Å²) in [5, 5.41) is 3.64. The van der Waals surface area contributed by atoms with Gasteiger partial charge in [-0.1, -0.05) is 29.8 Å². The van der Waals surface area contributed by atoms with Crippen LogP contribution in [0, 0.1) is 0 Å². The molecule has 1 N–H and O–H groups in total. The lowest BCUT2D eigenvalue weighted by molar-refractivity contribution is -0.121. The molecule has 2 aromatic heterocycles. The van der Waals surface area contributed by atoms with Crippen LogP contribution >= 0.6 is 11.6 Å². The molecule has 0 saturated heterocycles. The second kappa shape index (κ2) is 7.79. The molecule has 3 rings (SSSR count). The van der Waals surface area contributed by atoms with Gasteiger partial charge in [-0.2, -0.15) is 0 Å². The van der Waals surface area contributed by atoms with E-state index in [4.69, 9.17) is 11.6 Å². The van der Waals surface area contributed by atoms with Gasteiger partial charge in [-0.3, -0.25) is 9.78 Å². The van der Waals surface area contributed by atoms with Crippen molar-refractivity contribution in [1.29, 1.82) is 0 Å². The van der Waals surface area contributed by atoms with Crippen LogP contribution in [-0.4, -0.2) is 15.5 Å². The monoisotopic (exact) mass is 339 g/mol. The molecular formula is C19H18ClN3O. The van der Waals surface area contributed by atoms with Gasteiger partial charge in [-0.05, 0) is 41.5 Å². The van der Waals surface area contributed by atoms with Crippen LogP contribution in [0.4, 0.5) is 0 Å². The number of amides is 1. The van der Waals surface area contributed by atoms with Gasteiger partial charge in [0.1, 0.15) is 0 Å². The fourth-order valence-corrected chi connectivity index (χ4v) is 2.71. The normalized spacial score (nSPS) is 11.9. The highest BCUT2D eigenvalue weighted by atomic mass is 35.5. The molecule has 0 radical (unpaired) electrons. The maximum absolute atomic E-state index is 12.4. The van der Waals surface area contributed by atoms with Crippen LogP contribution in [0.25, 0.3) is 0 Å². The van der Waals surface area contributed by atoms with Crippen LogP contribution in [0.2, 0.25) is 5.02 Å². The largest absolute Gasteiger partial charge is 0.352 e. The summed E-state index contributed by atoms with van der Waals surface area (Å²) in [6, 6.07) is 15.3. The highest BCUT2D eigenvalue weighted by Gasteiger charge is 2.17. The molecule has 4 nitrogen and oxygen atoms in total. The fraction of sp³-hybridized carbons (Fsp3) is 0.158. The van der Waals surface area contributed by atoms with Gasteiger partial charge in [-0.15, -0.1) is 0 Å². The third-order valence-corrected chi connectivity index (χ3v) is 4.09. The van der Waals surface area contributed by atoms with Gasteiger partial charge < -0.3 is 9.88 Å². The number of pyridine rings is 1. The Bertz CT molecular complexity index is 770. The first-order valence-electron chi connectivity index (χ1n) is 7.76. The minimum atomic E-state index is -0.0637. The Labute approximate surface area is 146 Å². The fourth-order valence-electron chi connectivity index (χ4n) is 2.59. The molecule has 0 aliphatic rings. The molecule has 0 unspecified atom stereocenters. The first-order chi connectivity index (χ1) is 11.7. The molecule has 0 spiro atoms. The summed E-state index contributed by atoms with van der Waals surface area (Å²) in [4.78, 5) is 16.4. The summed E-state index contributed by atoms with van der Waals surface area (Å²) >= 11 is 5.97. The summed E-state index contributed by atoms with van der Waals surface area (Å²) in [5.74, 6) is -0.00694. The molecule has 0 aliphatic carbocycles. The Morgan fingerprint density at radius 1 is 1.12 bits per heavy atom. The molecular weight excluding hydrogens is 322 g/mol. The minimum Gasteiger partial charge on any atom is -0.352 e. The van der Waals surface area contributed by atoms with Crippen molar-refractivity contribution in [3.8, 4) is 0 Å². The topological polar surface area (TPSA) is 46.9 Å². The van der Waals surface area contributed by atoms with Crippen LogP contribution in [0.15, 0.2) is 73.3 Å². The number of rotatable bonds is 6. The van der Waals surface area contributed by atoms with Crippen LogP contribution < -0.4 is 5.32 Å². The summed E-state index contributed by atoms with van der Waals surface area (Å²) in [7, 11) is 0. The number of hydrogen-bond donors (Lipinski definition) is 1. The first-order valence-corrected chi connectivity index (χ1v) is 8.14. The average Bonchev–Trinajstić information content (AvgIpc) is 3.14. The van der Waals surface area contributed by atoms with E-state index in [1.165, 1.54) is 0 Å². The van der Waals surface area contributed by atoms with Crippen molar-refractivity contribution in [2.24, 2.45) is 0 Å². The number of carbonyl (C=O) groups excluding carboxylic acids is 1. The maximum atomic E-state index is 12.4. The number of nitrogens with zero attached hydrogens (tertiary/aromatic N) is 2. The van der Waals surface area contributed by atoms with Crippen molar-refractivity contribution in [3.63, 3.8) is 0 Å². The molecule has 0 fully saturated rings. The number of hydrogen-bond acceptors (Lipinski definition) is 2. The average molecular weight is 340 g/mol. The predicted octanol–water partition coefficient (Wildman–Crippen LogP) is 3.83. The van der Waals surface area contributed by atoms with Gasteiger partial charge in [0.25, 0.3) is 0 Å². The molecule has 0 bridgehead atoms. The minimum absolute atomic E-state index is 0.00694. The van der Waals surface area contributed by atoms with Crippen molar-refractivity contribution in [2.75, 3.05) is 0 Å². The maximum Gasteiger partial charge on any atom is 0.222 e. The highest BCUT2D eigenvalue weighted by Crippen LogP contribution is 2.24. The molecule has 1 aromatic carbocycles. The van der Waals surface area contributed by atoms with Gasteiger partial charge in [0, 0.05) is 36.4 Å². The van der Waals surface area contributed by atoms with E-state index in [1.54, 1.807) is 12.4 Å². The molecule has 0 saturated carbocycles. The number of benzene rings is 1. The molecule has 5 heteroatoms. The number of nitrogens with one attached hydrogen (secondary N) is 1. The van der Waals surface area contributed by atoms with E-state index in [-0.39, 0.29) is 11.9 Å². The lowest BCUT2D eigenvalue weighted by Gasteiger charge is -2.19. The Morgan fingerprint density at radius 2 is 1.88 bits per heavy atom. The van der Waals surface area contributed by atoms with Gasteiger partial charge in [0.2, 0.25) is 5.91 Å². The lowest BCUT2D eigenvalue weighted by Crippen LogP contribution is -2.26. The Kier molecular flexibility index (Phi) is 5.29. The zero-order valence-corrected chi connectivity index (χ0v) is 13.9. The van der Waals surface area contributed by atoms with E-state index in [0.717, 1.165) is 11.1 Å². The zero-order chi connectivity index (χ0) is 16.8. The highest BCUT2D eigenvalue weighted by molar-refractivity contribution is 6.30. The van der Waals surface area contributed by atoms with Crippen LogP contribution in [0.5, 0.6) is 0 Å². The SMILES string of the molecule is O=C(C[C@@H](c1ccc(Cl)cc1)n1cccc1)NCc1cccnc1. The van der Waals surface area contributed by atoms with Crippen molar-refractivity contribution in [2.45, 2.75) is 19.0 Å².